The lowest BCUT2D eigenvalue weighted by molar-refractivity contribution is 0.542. The molecule has 0 N–H and O–H groups in total. The Labute approximate surface area is 179 Å². The van der Waals surface area contributed by atoms with Crippen LogP contribution in [-0.4, -0.2) is 40.6 Å². The van der Waals surface area contributed by atoms with Crippen LogP contribution in [0.4, 0.5) is 16.0 Å². The van der Waals surface area contributed by atoms with Crippen molar-refractivity contribution in [3.8, 4) is 11.3 Å². The van der Waals surface area contributed by atoms with Crippen molar-refractivity contribution < 1.29 is 4.39 Å². The molecule has 1 fully saturated rings. The molecule has 0 radical (unpaired) electrons. The van der Waals surface area contributed by atoms with E-state index in [1.807, 2.05) is 18.2 Å². The zero-order chi connectivity index (χ0) is 20.5. The molecule has 0 saturated carbocycles. The highest BCUT2D eigenvalue weighted by Gasteiger charge is 2.27. The van der Waals surface area contributed by atoms with Gasteiger partial charge in [-0.15, -0.1) is 0 Å². The third-order valence-corrected chi connectivity index (χ3v) is 5.56. The second kappa shape index (κ2) is 8.13. The average molecular weight is 432 g/mol. The van der Waals surface area contributed by atoms with Crippen LogP contribution in [0.2, 0.25) is 10.3 Å². The van der Waals surface area contributed by atoms with Gasteiger partial charge in [-0.25, -0.2) is 19.3 Å². The first-order valence-electron chi connectivity index (χ1n) is 9.35. The van der Waals surface area contributed by atoms with Gasteiger partial charge in [0, 0.05) is 43.5 Å². The summed E-state index contributed by atoms with van der Waals surface area (Å²) in [6, 6.07) is 10.7. The van der Waals surface area contributed by atoms with E-state index in [1.165, 1.54) is 6.07 Å². The molecule has 0 bridgehead atoms. The van der Waals surface area contributed by atoms with Gasteiger partial charge in [-0.2, -0.15) is 0 Å². The Kier molecular flexibility index (Phi) is 5.56. The van der Waals surface area contributed by atoms with Gasteiger partial charge in [-0.3, -0.25) is 0 Å². The standard InChI is InChI=1S/C21H20Cl2FN5/c1-13-10-15(5-6-17(13)24)18-11-19(27-21(23)26-18)29-9-8-28(12-14(29)2)20-16(22)4-3-7-25-20/h3-7,10-11,14H,8-9,12H2,1-2H3. The molecule has 0 spiro atoms. The Balaban J connectivity index is 1.60. The van der Waals surface area contributed by atoms with E-state index in [4.69, 9.17) is 23.2 Å². The molecule has 1 aliphatic rings. The van der Waals surface area contributed by atoms with Crippen LogP contribution in [0.3, 0.4) is 0 Å². The minimum atomic E-state index is -0.243. The van der Waals surface area contributed by atoms with Crippen LogP contribution in [0.5, 0.6) is 0 Å². The number of halogens is 3. The highest BCUT2D eigenvalue weighted by molar-refractivity contribution is 6.32. The minimum Gasteiger partial charge on any atom is -0.352 e. The molecule has 1 saturated heterocycles. The molecule has 3 heterocycles. The van der Waals surface area contributed by atoms with Crippen LogP contribution < -0.4 is 9.80 Å². The maximum Gasteiger partial charge on any atom is 0.224 e. The Hall–Kier alpha value is -2.44. The lowest BCUT2D eigenvalue weighted by Crippen LogP contribution is -2.52. The summed E-state index contributed by atoms with van der Waals surface area (Å²) in [6.07, 6.45) is 1.75. The van der Waals surface area contributed by atoms with Crippen LogP contribution in [0.15, 0.2) is 42.6 Å². The molecule has 3 aromatic rings. The predicted molar refractivity (Wildman–Crippen MR) is 115 cm³/mol. The molecule has 1 aliphatic heterocycles. The molecule has 4 rings (SSSR count). The molecule has 1 atom stereocenters. The Morgan fingerprint density at radius 3 is 2.66 bits per heavy atom. The summed E-state index contributed by atoms with van der Waals surface area (Å²) in [5, 5.41) is 0.814. The summed E-state index contributed by atoms with van der Waals surface area (Å²) in [5.41, 5.74) is 2.04. The number of benzene rings is 1. The van der Waals surface area contributed by atoms with E-state index in [9.17, 15) is 4.39 Å². The molecule has 2 aromatic heterocycles. The van der Waals surface area contributed by atoms with Gasteiger partial charge in [-0.05, 0) is 61.3 Å². The van der Waals surface area contributed by atoms with Crippen molar-refractivity contribution in [1.29, 1.82) is 0 Å². The SMILES string of the molecule is Cc1cc(-c2cc(N3CCN(c4ncccc4Cl)CC3C)nc(Cl)n2)ccc1F. The number of anilines is 2. The Morgan fingerprint density at radius 1 is 1.10 bits per heavy atom. The van der Waals surface area contributed by atoms with Crippen LogP contribution >= 0.6 is 23.2 Å². The van der Waals surface area contributed by atoms with Crippen molar-refractivity contribution in [3.63, 3.8) is 0 Å². The maximum atomic E-state index is 13.6. The number of aryl methyl sites for hydroxylation is 1. The zero-order valence-electron chi connectivity index (χ0n) is 16.1. The molecular weight excluding hydrogens is 412 g/mol. The smallest absolute Gasteiger partial charge is 0.224 e. The molecule has 1 aromatic carbocycles. The maximum absolute atomic E-state index is 13.6. The summed E-state index contributed by atoms with van der Waals surface area (Å²) < 4.78 is 13.6. The first-order valence-corrected chi connectivity index (χ1v) is 10.1. The van der Waals surface area contributed by atoms with Gasteiger partial charge in [0.1, 0.15) is 17.5 Å². The van der Waals surface area contributed by atoms with Crippen LogP contribution in [0, 0.1) is 12.7 Å². The molecule has 8 heteroatoms. The van der Waals surface area contributed by atoms with E-state index >= 15 is 0 Å². The van der Waals surface area contributed by atoms with Crippen molar-refractivity contribution >= 4 is 34.8 Å². The highest BCUT2D eigenvalue weighted by atomic mass is 35.5. The van der Waals surface area contributed by atoms with Crippen molar-refractivity contribution in [3.05, 3.63) is 64.3 Å². The Morgan fingerprint density at radius 2 is 1.93 bits per heavy atom. The summed E-state index contributed by atoms with van der Waals surface area (Å²) >= 11 is 12.5. The highest BCUT2D eigenvalue weighted by Crippen LogP contribution is 2.29. The van der Waals surface area contributed by atoms with Crippen LogP contribution in [0.25, 0.3) is 11.3 Å². The summed E-state index contributed by atoms with van der Waals surface area (Å²) in [4.78, 5) is 17.6. The molecule has 1 unspecified atom stereocenters. The summed E-state index contributed by atoms with van der Waals surface area (Å²) in [5.74, 6) is 1.30. The summed E-state index contributed by atoms with van der Waals surface area (Å²) in [6.45, 7) is 6.10. The lowest BCUT2D eigenvalue weighted by atomic mass is 10.1. The third-order valence-electron chi connectivity index (χ3n) is 5.10. The number of nitrogens with zero attached hydrogens (tertiary/aromatic N) is 5. The van der Waals surface area contributed by atoms with Crippen LogP contribution in [-0.2, 0) is 0 Å². The average Bonchev–Trinajstić information content (AvgIpc) is 2.70. The van der Waals surface area contributed by atoms with Crippen molar-refractivity contribution in [2.24, 2.45) is 0 Å². The number of hydrogen-bond donors (Lipinski definition) is 0. The van der Waals surface area contributed by atoms with E-state index in [1.54, 1.807) is 25.3 Å². The van der Waals surface area contributed by atoms with E-state index in [0.29, 0.717) is 16.3 Å². The van der Waals surface area contributed by atoms with Gasteiger partial charge in [0.25, 0.3) is 0 Å². The number of piperazine rings is 1. The Bertz CT molecular complexity index is 1050. The first kappa shape index (κ1) is 19.9. The van der Waals surface area contributed by atoms with Crippen LogP contribution in [0.1, 0.15) is 12.5 Å². The van der Waals surface area contributed by atoms with Gasteiger partial charge in [0.2, 0.25) is 5.28 Å². The third kappa shape index (κ3) is 4.14. The molecule has 0 amide bonds. The second-order valence-electron chi connectivity index (χ2n) is 7.14. The number of rotatable bonds is 3. The fourth-order valence-electron chi connectivity index (χ4n) is 3.61. The van der Waals surface area contributed by atoms with Gasteiger partial charge in [-0.1, -0.05) is 11.6 Å². The second-order valence-corrected chi connectivity index (χ2v) is 7.89. The molecule has 0 aliphatic carbocycles. The van der Waals surface area contributed by atoms with E-state index in [0.717, 1.165) is 36.8 Å². The van der Waals surface area contributed by atoms with Gasteiger partial charge >= 0.3 is 0 Å². The lowest BCUT2D eigenvalue weighted by Gasteiger charge is -2.41. The minimum absolute atomic E-state index is 0.163. The quantitative estimate of drug-likeness (QED) is 0.545. The largest absolute Gasteiger partial charge is 0.352 e. The van der Waals surface area contributed by atoms with E-state index in [2.05, 4.69) is 31.7 Å². The van der Waals surface area contributed by atoms with Gasteiger partial charge in [0.05, 0.1) is 10.7 Å². The normalized spacial score (nSPS) is 16.9. The zero-order valence-corrected chi connectivity index (χ0v) is 17.6. The van der Waals surface area contributed by atoms with Gasteiger partial charge < -0.3 is 9.80 Å². The molecule has 5 nitrogen and oxygen atoms in total. The number of hydrogen-bond acceptors (Lipinski definition) is 5. The molecule has 29 heavy (non-hydrogen) atoms. The topological polar surface area (TPSA) is 45.2 Å². The fourth-order valence-corrected chi connectivity index (χ4v) is 4.02. The van der Waals surface area contributed by atoms with Crippen molar-refractivity contribution in [2.75, 3.05) is 29.4 Å². The molecule has 150 valence electrons. The van der Waals surface area contributed by atoms with Crippen molar-refractivity contribution in [1.82, 2.24) is 15.0 Å². The van der Waals surface area contributed by atoms with E-state index < -0.39 is 0 Å². The monoisotopic (exact) mass is 431 g/mol. The van der Waals surface area contributed by atoms with E-state index in [-0.39, 0.29) is 17.1 Å². The van der Waals surface area contributed by atoms with Gasteiger partial charge in [0.15, 0.2) is 0 Å². The summed E-state index contributed by atoms with van der Waals surface area (Å²) in [7, 11) is 0. The molecular formula is C21H20Cl2FN5. The fraction of sp³-hybridized carbons (Fsp3) is 0.286. The predicted octanol–water partition coefficient (Wildman–Crippen LogP) is 5.01. The number of aromatic nitrogens is 3. The first-order chi connectivity index (χ1) is 13.9. The number of pyridine rings is 1. The van der Waals surface area contributed by atoms with Crippen molar-refractivity contribution in [2.45, 2.75) is 19.9 Å².